The van der Waals surface area contributed by atoms with E-state index in [-0.39, 0.29) is 38.1 Å². The van der Waals surface area contributed by atoms with Crippen LogP contribution in [0.3, 0.4) is 0 Å². The standard InChI is InChI=1S/Fe.Mo.O.W. The molecule has 0 bridgehead atoms. The fourth-order valence-electron chi connectivity index (χ4n) is 0. The van der Waals surface area contributed by atoms with Crippen LogP contribution in [0.5, 0.6) is 0 Å². The van der Waals surface area contributed by atoms with Gasteiger partial charge in [0.25, 0.3) is 0 Å². The van der Waals surface area contributed by atoms with Gasteiger partial charge in [0.15, 0.2) is 0 Å². The van der Waals surface area contributed by atoms with Gasteiger partial charge in [-0.3, -0.25) is 0 Å². The summed E-state index contributed by atoms with van der Waals surface area (Å²) >= 11 is 0.333. The molecule has 0 fully saturated rings. The second-order valence-electron chi connectivity index (χ2n) is 0. The van der Waals surface area contributed by atoms with Gasteiger partial charge in [0, 0.05) is 38.1 Å². The average molecular weight is 352 g/mol. The first kappa shape index (κ1) is 17.3. The third-order valence-corrected chi connectivity index (χ3v) is 0. The quantitative estimate of drug-likeness (QED) is 0.556. The van der Waals surface area contributed by atoms with E-state index in [4.69, 9.17) is 3.40 Å². The molecule has 0 amide bonds. The third kappa shape index (κ3) is 9.34. The average Bonchev–Trinajstić information content (AvgIpc) is 1.00. The van der Waals surface area contributed by atoms with E-state index in [1.165, 1.54) is 0 Å². The molecule has 0 aromatic rings. The first-order valence-corrected chi connectivity index (χ1v) is 1.36. The van der Waals surface area contributed by atoms with Gasteiger partial charge < -0.3 is 0 Å². The van der Waals surface area contributed by atoms with Crippen LogP contribution in [0, 0.1) is 0 Å². The Labute approximate surface area is 60.9 Å². The Morgan fingerprint density at radius 3 is 1.25 bits per heavy atom. The van der Waals surface area contributed by atoms with Crippen molar-refractivity contribution in [3.63, 3.8) is 0 Å². The van der Waals surface area contributed by atoms with Gasteiger partial charge in [0.2, 0.25) is 0 Å². The van der Waals surface area contributed by atoms with E-state index in [0.29, 0.717) is 19.8 Å². The minimum absolute atomic E-state index is 0. The molecule has 0 unspecified atom stereocenters. The van der Waals surface area contributed by atoms with Crippen molar-refractivity contribution in [3.8, 4) is 0 Å². The summed E-state index contributed by atoms with van der Waals surface area (Å²) < 4.78 is 8.33. The first-order valence-electron chi connectivity index (χ1n) is 0.167. The summed E-state index contributed by atoms with van der Waals surface area (Å²) in [7, 11) is 0. The molecule has 0 atom stereocenters. The van der Waals surface area contributed by atoms with Gasteiger partial charge in [-0.1, -0.05) is 0 Å². The van der Waals surface area contributed by atoms with E-state index in [2.05, 4.69) is 0 Å². The van der Waals surface area contributed by atoms with Crippen LogP contribution in [0.25, 0.3) is 0 Å². The Kier molecular flexibility index (Phi) is 96.3. The molecule has 0 aliphatic carbocycles. The third-order valence-electron chi connectivity index (χ3n) is 0. The molecule has 0 aromatic heterocycles. The van der Waals surface area contributed by atoms with Gasteiger partial charge in [-0.25, -0.2) is 0 Å². The number of hydrogen-bond acceptors (Lipinski definition) is 1. The summed E-state index contributed by atoms with van der Waals surface area (Å²) in [5.74, 6) is 0. The van der Waals surface area contributed by atoms with Gasteiger partial charge >= 0.3 is 23.2 Å². The zero-order chi connectivity index (χ0) is 2.00. The predicted molar refractivity (Wildman–Crippen MR) is 0.686 cm³/mol. The Balaban J connectivity index is -0.00000000500. The zero-order valence-electron chi connectivity index (χ0n) is 1.58. The van der Waals surface area contributed by atoms with Crippen molar-refractivity contribution in [1.29, 1.82) is 0 Å². The Morgan fingerprint density at radius 2 is 1.25 bits per heavy atom. The molecule has 1 nitrogen and oxygen atoms in total. The molecular weight excluding hydrogens is 352 g/mol. The number of hydrogen-bond donors (Lipinski definition) is 0. The van der Waals surface area contributed by atoms with Gasteiger partial charge in [0.1, 0.15) is 0 Å². The molecular formula is FeMoOW. The van der Waals surface area contributed by atoms with E-state index in [1.54, 1.807) is 0 Å². The second-order valence-corrected chi connectivity index (χ2v) is 0. The van der Waals surface area contributed by atoms with Gasteiger partial charge in [-0.15, -0.1) is 0 Å². The Hall–Kier alpha value is 1.70. The molecule has 0 saturated carbocycles. The molecule has 0 spiro atoms. The molecule has 4 heavy (non-hydrogen) atoms. The van der Waals surface area contributed by atoms with Crippen LogP contribution >= 0.6 is 0 Å². The fourth-order valence-corrected chi connectivity index (χ4v) is 0. The SMILES string of the molecule is [Fe].[Mo].[O]=[W]. The van der Waals surface area contributed by atoms with Crippen molar-refractivity contribution in [2.24, 2.45) is 0 Å². The van der Waals surface area contributed by atoms with Crippen LogP contribution in [-0.2, 0) is 61.3 Å². The maximum absolute atomic E-state index is 8.33. The van der Waals surface area contributed by atoms with E-state index in [9.17, 15) is 0 Å². The van der Waals surface area contributed by atoms with E-state index >= 15 is 0 Å². The molecule has 0 saturated heterocycles. The van der Waals surface area contributed by atoms with Gasteiger partial charge in [0.05, 0.1) is 0 Å². The number of rotatable bonds is 0. The molecule has 0 aromatic carbocycles. The van der Waals surface area contributed by atoms with Crippen molar-refractivity contribution in [1.82, 2.24) is 0 Å². The minimum atomic E-state index is 0. The van der Waals surface area contributed by atoms with Crippen LogP contribution in [0.2, 0.25) is 0 Å². The molecule has 0 radical (unpaired) electrons. The predicted octanol–water partition coefficient (Wildman–Crippen LogP) is -0.126. The van der Waals surface area contributed by atoms with Crippen LogP contribution in [0.1, 0.15) is 0 Å². The molecule has 4 heteroatoms. The topological polar surface area (TPSA) is 17.1 Å². The Bertz CT molecular complexity index is 8.00. The van der Waals surface area contributed by atoms with Crippen molar-refractivity contribution in [3.05, 3.63) is 0 Å². The molecule has 0 aliphatic rings. The van der Waals surface area contributed by atoms with Crippen molar-refractivity contribution in [2.45, 2.75) is 0 Å². The van der Waals surface area contributed by atoms with E-state index in [1.807, 2.05) is 0 Å². The second kappa shape index (κ2) is 22.3. The molecule has 0 rings (SSSR count). The van der Waals surface area contributed by atoms with Crippen molar-refractivity contribution < 1.29 is 61.3 Å². The van der Waals surface area contributed by atoms with Gasteiger partial charge in [-0.2, -0.15) is 0 Å². The molecule has 0 N–H and O–H groups in total. The van der Waals surface area contributed by atoms with E-state index < -0.39 is 0 Å². The Morgan fingerprint density at radius 1 is 1.25 bits per heavy atom. The van der Waals surface area contributed by atoms with E-state index in [0.717, 1.165) is 0 Å². The monoisotopic (exact) mass is 354 g/mol. The molecule has 26 valence electrons. The maximum atomic E-state index is 8.33. The normalized spacial score (nSPS) is 1.00. The first-order chi connectivity index (χ1) is 1.00. The van der Waals surface area contributed by atoms with Crippen LogP contribution in [-0.4, -0.2) is 0 Å². The summed E-state index contributed by atoms with van der Waals surface area (Å²) in [4.78, 5) is 0. The molecule has 0 aliphatic heterocycles. The van der Waals surface area contributed by atoms with Crippen molar-refractivity contribution >= 4 is 0 Å². The van der Waals surface area contributed by atoms with Gasteiger partial charge in [-0.05, 0) is 0 Å². The summed E-state index contributed by atoms with van der Waals surface area (Å²) in [6.45, 7) is 0. The van der Waals surface area contributed by atoms with Crippen LogP contribution < -0.4 is 0 Å². The summed E-state index contributed by atoms with van der Waals surface area (Å²) in [5, 5.41) is 0. The summed E-state index contributed by atoms with van der Waals surface area (Å²) in [6.07, 6.45) is 0. The fraction of sp³-hybridized carbons (Fsp3) is 0. The zero-order valence-corrected chi connectivity index (χ0v) is 7.62. The summed E-state index contributed by atoms with van der Waals surface area (Å²) in [5.41, 5.74) is 0. The molecule has 0 heterocycles. The van der Waals surface area contributed by atoms with Crippen molar-refractivity contribution in [2.75, 3.05) is 0 Å². The van der Waals surface area contributed by atoms with Crippen LogP contribution in [0.15, 0.2) is 0 Å². The van der Waals surface area contributed by atoms with Crippen LogP contribution in [0.4, 0.5) is 0 Å². The summed E-state index contributed by atoms with van der Waals surface area (Å²) in [6, 6.07) is 0.